The summed E-state index contributed by atoms with van der Waals surface area (Å²) in [5, 5.41) is 0. The lowest BCUT2D eigenvalue weighted by Gasteiger charge is -1.97. The van der Waals surface area contributed by atoms with Gasteiger partial charge in [0.2, 0.25) is 6.08 Å². The van der Waals surface area contributed by atoms with Crippen LogP contribution in [-0.2, 0) is 4.79 Å². The lowest BCUT2D eigenvalue weighted by Crippen LogP contribution is -1.78. The molecule has 0 fully saturated rings. The summed E-state index contributed by atoms with van der Waals surface area (Å²) < 4.78 is 0.893. The zero-order chi connectivity index (χ0) is 12.8. The van der Waals surface area contributed by atoms with Crippen molar-refractivity contribution in [1.82, 2.24) is 0 Å². The highest BCUT2D eigenvalue weighted by atomic mass is 79.9. The second-order valence-corrected chi connectivity index (χ2v) is 4.40. The molecule has 0 bridgehead atoms. The molecule has 0 spiro atoms. The molecular formula is C15H8BrNO. The number of nitrogens with zero attached hydrogens (tertiary/aromatic N) is 1. The van der Waals surface area contributed by atoms with E-state index in [9.17, 15) is 4.79 Å². The van der Waals surface area contributed by atoms with Gasteiger partial charge in [0.1, 0.15) is 0 Å². The van der Waals surface area contributed by atoms with Gasteiger partial charge < -0.3 is 0 Å². The number of halogens is 1. The van der Waals surface area contributed by atoms with E-state index in [2.05, 4.69) is 32.8 Å². The van der Waals surface area contributed by atoms with Gasteiger partial charge in [0, 0.05) is 10.0 Å². The van der Waals surface area contributed by atoms with Crippen molar-refractivity contribution < 1.29 is 4.79 Å². The molecule has 0 aliphatic heterocycles. The van der Waals surface area contributed by atoms with Crippen LogP contribution in [0.4, 0.5) is 5.69 Å². The summed E-state index contributed by atoms with van der Waals surface area (Å²) in [4.78, 5) is 14.0. The van der Waals surface area contributed by atoms with Gasteiger partial charge >= 0.3 is 0 Å². The third-order valence-electron chi connectivity index (χ3n) is 2.24. The van der Waals surface area contributed by atoms with Gasteiger partial charge in [0.05, 0.1) is 11.3 Å². The Balaban J connectivity index is 2.43. The van der Waals surface area contributed by atoms with Crippen LogP contribution in [0.2, 0.25) is 0 Å². The molecule has 2 nitrogen and oxygen atoms in total. The normalized spacial score (nSPS) is 8.94. The molecule has 0 unspecified atom stereocenters. The Morgan fingerprint density at radius 1 is 1.00 bits per heavy atom. The van der Waals surface area contributed by atoms with E-state index in [1.54, 1.807) is 6.07 Å². The van der Waals surface area contributed by atoms with Crippen LogP contribution >= 0.6 is 15.9 Å². The molecule has 0 aliphatic carbocycles. The lowest BCUT2D eigenvalue weighted by molar-refractivity contribution is 0.565. The molecule has 2 aromatic rings. The number of hydrogen-bond donors (Lipinski definition) is 0. The monoisotopic (exact) mass is 297 g/mol. The summed E-state index contributed by atoms with van der Waals surface area (Å²) >= 11 is 3.37. The maximum absolute atomic E-state index is 10.3. The quantitative estimate of drug-likeness (QED) is 0.447. The Bertz CT molecular complexity index is 662. The number of benzene rings is 2. The molecule has 0 N–H and O–H groups in total. The average molecular weight is 298 g/mol. The molecule has 0 radical (unpaired) electrons. The maximum Gasteiger partial charge on any atom is 0.240 e. The van der Waals surface area contributed by atoms with Crippen LogP contribution in [0.5, 0.6) is 0 Å². The van der Waals surface area contributed by atoms with Crippen LogP contribution in [0, 0.1) is 11.8 Å². The molecule has 86 valence electrons. The number of carbonyl (C=O) groups excluding carboxylic acids is 1. The SMILES string of the molecule is O=C=Nc1ccc(Br)cc1C#Cc1ccccc1. The van der Waals surface area contributed by atoms with Crippen molar-refractivity contribution in [3.05, 3.63) is 64.1 Å². The Morgan fingerprint density at radius 3 is 2.50 bits per heavy atom. The van der Waals surface area contributed by atoms with Gasteiger partial charge in [0.15, 0.2) is 0 Å². The van der Waals surface area contributed by atoms with Gasteiger partial charge in [-0.2, -0.15) is 4.99 Å². The van der Waals surface area contributed by atoms with Crippen molar-refractivity contribution in [3.63, 3.8) is 0 Å². The first-order valence-electron chi connectivity index (χ1n) is 5.24. The van der Waals surface area contributed by atoms with Crippen molar-refractivity contribution in [1.29, 1.82) is 0 Å². The molecule has 2 rings (SSSR count). The number of hydrogen-bond acceptors (Lipinski definition) is 2. The first kappa shape index (κ1) is 12.3. The highest BCUT2D eigenvalue weighted by molar-refractivity contribution is 9.10. The van der Waals surface area contributed by atoms with Crippen LogP contribution in [0.1, 0.15) is 11.1 Å². The van der Waals surface area contributed by atoms with E-state index in [1.807, 2.05) is 42.5 Å². The lowest BCUT2D eigenvalue weighted by atomic mass is 10.1. The smallest absolute Gasteiger partial charge is 0.211 e. The van der Waals surface area contributed by atoms with Crippen LogP contribution in [0.3, 0.4) is 0 Å². The molecule has 0 saturated carbocycles. The van der Waals surface area contributed by atoms with Crippen molar-refractivity contribution >= 4 is 27.7 Å². The first-order chi connectivity index (χ1) is 8.79. The number of rotatable bonds is 1. The molecule has 0 aromatic heterocycles. The van der Waals surface area contributed by atoms with Gasteiger partial charge in [-0.1, -0.05) is 46.0 Å². The maximum atomic E-state index is 10.3. The molecule has 18 heavy (non-hydrogen) atoms. The minimum Gasteiger partial charge on any atom is -0.211 e. The fraction of sp³-hybridized carbons (Fsp3) is 0. The Kier molecular flexibility index (Phi) is 4.09. The fourth-order valence-corrected chi connectivity index (χ4v) is 1.78. The summed E-state index contributed by atoms with van der Waals surface area (Å²) in [5.74, 6) is 6.03. The van der Waals surface area contributed by atoms with Crippen LogP contribution in [0.25, 0.3) is 0 Å². The fourth-order valence-electron chi connectivity index (χ4n) is 1.42. The highest BCUT2D eigenvalue weighted by Gasteiger charge is 1.99. The van der Waals surface area contributed by atoms with E-state index in [1.165, 1.54) is 6.08 Å². The molecule has 0 saturated heterocycles. The predicted octanol–water partition coefficient (Wildman–Crippen LogP) is 3.82. The van der Waals surface area contributed by atoms with E-state index in [-0.39, 0.29) is 0 Å². The molecule has 0 atom stereocenters. The summed E-state index contributed by atoms with van der Waals surface area (Å²) in [6.45, 7) is 0. The minimum absolute atomic E-state index is 0.525. The van der Waals surface area contributed by atoms with Gasteiger partial charge in [-0.15, -0.1) is 0 Å². The molecule has 2 aromatic carbocycles. The molecule has 0 aliphatic rings. The largest absolute Gasteiger partial charge is 0.240 e. The van der Waals surface area contributed by atoms with Gasteiger partial charge in [-0.3, -0.25) is 0 Å². The van der Waals surface area contributed by atoms with Crippen LogP contribution < -0.4 is 0 Å². The topological polar surface area (TPSA) is 29.4 Å². The molecule has 0 amide bonds. The van der Waals surface area contributed by atoms with E-state index < -0.39 is 0 Å². The van der Waals surface area contributed by atoms with Crippen molar-refractivity contribution in [3.8, 4) is 11.8 Å². The van der Waals surface area contributed by atoms with E-state index in [0.29, 0.717) is 11.3 Å². The number of aliphatic imine (C=N–C) groups is 1. The third-order valence-corrected chi connectivity index (χ3v) is 2.73. The Labute approximate surface area is 114 Å². The third kappa shape index (κ3) is 3.18. The second-order valence-electron chi connectivity index (χ2n) is 3.48. The van der Waals surface area contributed by atoms with Crippen molar-refractivity contribution in [2.45, 2.75) is 0 Å². The predicted molar refractivity (Wildman–Crippen MR) is 74.3 cm³/mol. The Hall–Kier alpha value is -2.14. The average Bonchev–Trinajstić information content (AvgIpc) is 2.40. The summed E-state index contributed by atoms with van der Waals surface area (Å²) in [6, 6.07) is 15.0. The second kappa shape index (κ2) is 5.97. The molecular weight excluding hydrogens is 290 g/mol. The van der Waals surface area contributed by atoms with Gasteiger partial charge in [-0.25, -0.2) is 4.79 Å². The van der Waals surface area contributed by atoms with Crippen molar-refractivity contribution in [2.24, 2.45) is 4.99 Å². The molecule has 3 heteroatoms. The van der Waals surface area contributed by atoms with Crippen LogP contribution in [-0.4, -0.2) is 6.08 Å². The van der Waals surface area contributed by atoms with E-state index in [4.69, 9.17) is 0 Å². The Morgan fingerprint density at radius 2 is 1.78 bits per heavy atom. The summed E-state index contributed by atoms with van der Waals surface area (Å²) in [6.07, 6.45) is 1.53. The zero-order valence-electron chi connectivity index (χ0n) is 9.35. The summed E-state index contributed by atoms with van der Waals surface area (Å²) in [7, 11) is 0. The van der Waals surface area contributed by atoms with Crippen molar-refractivity contribution in [2.75, 3.05) is 0 Å². The van der Waals surface area contributed by atoms with Gasteiger partial charge in [0.25, 0.3) is 0 Å². The summed E-state index contributed by atoms with van der Waals surface area (Å²) in [5.41, 5.74) is 2.13. The molecule has 0 heterocycles. The minimum atomic E-state index is 0.525. The van der Waals surface area contributed by atoms with Gasteiger partial charge in [-0.05, 0) is 30.3 Å². The number of isocyanates is 1. The first-order valence-corrected chi connectivity index (χ1v) is 6.03. The standard InChI is InChI=1S/C15H8BrNO/c16-14-8-9-15(17-11-18)13(10-14)7-6-12-4-2-1-3-5-12/h1-5,8-10H. The van der Waals surface area contributed by atoms with E-state index >= 15 is 0 Å². The zero-order valence-corrected chi connectivity index (χ0v) is 10.9. The van der Waals surface area contributed by atoms with E-state index in [0.717, 1.165) is 10.0 Å². The van der Waals surface area contributed by atoms with Crippen LogP contribution in [0.15, 0.2) is 58.0 Å². The highest BCUT2D eigenvalue weighted by Crippen LogP contribution is 2.22.